The van der Waals surface area contributed by atoms with Crippen molar-refractivity contribution in [1.29, 1.82) is 0 Å². The van der Waals surface area contributed by atoms with Crippen LogP contribution in [0.1, 0.15) is 380 Å². The molecule has 3 fully saturated rings. The van der Waals surface area contributed by atoms with Gasteiger partial charge in [-0.25, -0.2) is 0 Å². The maximum Gasteiger partial charge on any atom is 0.323 e. The van der Waals surface area contributed by atoms with Crippen LogP contribution in [0, 0.1) is 22.2 Å². The molecule has 3 rings (SSSR count). The van der Waals surface area contributed by atoms with Crippen LogP contribution >= 0.6 is 0 Å². The summed E-state index contributed by atoms with van der Waals surface area (Å²) < 4.78 is 46.6. The average molecular weight is 1760 g/mol. The zero-order valence-electron chi connectivity index (χ0n) is 86.3. The normalized spacial score (nSPS) is 16.2. The first-order chi connectivity index (χ1) is 56.4. The van der Waals surface area contributed by atoms with E-state index < -0.39 is 0 Å². The third kappa shape index (κ3) is 84.8. The molecule has 9 atom stereocenters. The lowest BCUT2D eigenvalue weighted by Gasteiger charge is -2.24. The molecule has 3 aliphatic rings. The molecule has 0 amide bonds. The second-order valence-corrected chi connectivity index (χ2v) is 40.0. The van der Waals surface area contributed by atoms with E-state index in [-0.39, 0.29) is 155 Å². The molecular weight excluding hydrogens is 1570 g/mol. The Bertz CT molecular complexity index is 2460. The van der Waals surface area contributed by atoms with E-state index in [1.165, 1.54) is 57.8 Å². The van der Waals surface area contributed by atoms with Gasteiger partial charge in [-0.2, -0.15) is 0 Å². The first-order valence-corrected chi connectivity index (χ1v) is 46.9. The summed E-state index contributed by atoms with van der Waals surface area (Å²) in [5.41, 5.74) is 0.105. The molecular formula is C96H195N9O18. The lowest BCUT2D eigenvalue weighted by atomic mass is 9.98. The monoisotopic (exact) mass is 1760 g/mol. The van der Waals surface area contributed by atoms with Crippen LogP contribution in [-0.2, 0) is 85.8 Å². The Balaban J connectivity index is -0.000000314. The number of hydrogen-bond donors (Lipinski definition) is 9. The minimum atomic E-state index is -0.225. The molecule has 0 aromatic heterocycles. The van der Waals surface area contributed by atoms with E-state index in [4.69, 9.17) is 42.6 Å². The van der Waals surface area contributed by atoms with E-state index in [1.54, 1.807) is 27.7 Å². The highest BCUT2D eigenvalue weighted by molar-refractivity contribution is 5.79. The van der Waals surface area contributed by atoms with Gasteiger partial charge >= 0.3 is 53.7 Å². The minimum absolute atomic E-state index is 0.0349. The number of ether oxygens (including phenoxy) is 9. The van der Waals surface area contributed by atoms with E-state index in [0.29, 0.717) is 87.4 Å². The summed E-state index contributed by atoms with van der Waals surface area (Å²) in [5.74, 6) is -1.08. The third-order valence-electron chi connectivity index (χ3n) is 17.3. The van der Waals surface area contributed by atoms with E-state index >= 15 is 0 Å². The minimum Gasteiger partial charge on any atom is -0.465 e. The van der Waals surface area contributed by atoms with Crippen molar-refractivity contribution >= 4 is 53.7 Å². The number of esters is 9. The molecule has 27 heteroatoms. The largest absolute Gasteiger partial charge is 0.465 e. The topological polar surface area (TPSA) is 345 Å². The SMILES string of the molecule is CC(C)NC(C(=O)OC(C)C)C(C)C.CC(C)NC(C)C(=O)OC1CCCCC1.CC(C)NC(C)C(=O)OCC(C)(C)C.CC(C)N[C@@H](C)C(=O)OC1CCCCC1.CC(C)N[C@@H](C)C(=O)OCC(C)(C)C.CC(C)N[C@H](C)C(=O)OC1CCCCC1.CC(C)N[C@H](C)C(=O)OCC(C)(C)C.CCOC(=O)[C@@H](C)NC(C)C.CCOC(=O)[C@H](C)NC(C)C. The average Bonchev–Trinajstić information content (AvgIpc) is 0.879. The maximum absolute atomic E-state index is 11.7. The second-order valence-electron chi connectivity index (χ2n) is 40.0. The molecule has 3 unspecified atom stereocenters. The molecule has 0 spiro atoms. The summed E-state index contributed by atoms with van der Waals surface area (Å²) in [4.78, 5) is 103. The van der Waals surface area contributed by atoms with Crippen LogP contribution in [0.2, 0.25) is 0 Å². The summed E-state index contributed by atoms with van der Waals surface area (Å²) in [6.45, 7) is 83.0. The first-order valence-electron chi connectivity index (χ1n) is 46.9. The number of nitrogens with one attached hydrogen (secondary N) is 9. The van der Waals surface area contributed by atoms with Crippen molar-refractivity contribution < 1.29 is 85.8 Å². The van der Waals surface area contributed by atoms with Gasteiger partial charge in [0.05, 0.1) is 39.1 Å². The van der Waals surface area contributed by atoms with Crippen molar-refractivity contribution in [3.8, 4) is 0 Å². The van der Waals surface area contributed by atoms with Gasteiger partial charge in [-0.3, -0.25) is 43.2 Å². The molecule has 9 N–H and O–H groups in total. The highest BCUT2D eigenvalue weighted by atomic mass is 16.6. The van der Waals surface area contributed by atoms with Gasteiger partial charge in [-0.15, -0.1) is 0 Å². The Morgan fingerprint density at radius 1 is 0.244 bits per heavy atom. The predicted molar refractivity (Wildman–Crippen MR) is 503 cm³/mol. The van der Waals surface area contributed by atoms with Crippen LogP contribution in [0.4, 0.5) is 0 Å². The summed E-state index contributed by atoms with van der Waals surface area (Å²) in [6.07, 6.45) is 17.8. The van der Waals surface area contributed by atoms with Gasteiger partial charge in [0.15, 0.2) is 0 Å². The van der Waals surface area contributed by atoms with Crippen LogP contribution in [0.5, 0.6) is 0 Å². The van der Waals surface area contributed by atoms with E-state index in [1.807, 2.05) is 256 Å². The molecule has 0 heterocycles. The van der Waals surface area contributed by atoms with Crippen LogP contribution in [0.3, 0.4) is 0 Å². The summed E-state index contributed by atoms with van der Waals surface area (Å²) >= 11 is 0. The van der Waals surface area contributed by atoms with Crippen LogP contribution in [0.15, 0.2) is 0 Å². The molecule has 0 radical (unpaired) electrons. The summed E-state index contributed by atoms with van der Waals surface area (Å²) in [5, 5.41) is 28.1. The zero-order chi connectivity index (χ0) is 96.8. The number of rotatable bonds is 37. The molecule has 0 bridgehead atoms. The van der Waals surface area contributed by atoms with Gasteiger partial charge in [0, 0.05) is 54.4 Å². The van der Waals surface area contributed by atoms with Gasteiger partial charge in [-0.1, -0.05) is 220 Å². The Labute approximate surface area is 752 Å². The van der Waals surface area contributed by atoms with E-state index in [9.17, 15) is 43.2 Å². The van der Waals surface area contributed by atoms with E-state index in [0.717, 1.165) is 38.5 Å². The van der Waals surface area contributed by atoms with Gasteiger partial charge in [-0.05, 0) is 182 Å². The van der Waals surface area contributed by atoms with Crippen molar-refractivity contribution in [2.45, 2.75) is 513 Å². The predicted octanol–water partition coefficient (Wildman–Crippen LogP) is 16.5. The van der Waals surface area contributed by atoms with Crippen molar-refractivity contribution in [1.82, 2.24) is 47.9 Å². The molecule has 0 saturated heterocycles. The fourth-order valence-corrected chi connectivity index (χ4v) is 11.9. The lowest BCUT2D eigenvalue weighted by molar-refractivity contribution is -0.153. The van der Waals surface area contributed by atoms with Crippen molar-refractivity contribution in [2.24, 2.45) is 22.2 Å². The Hall–Kier alpha value is -5.13. The second kappa shape index (κ2) is 72.7. The highest BCUT2D eigenvalue weighted by Gasteiger charge is 2.29. The van der Waals surface area contributed by atoms with Crippen LogP contribution < -0.4 is 47.9 Å². The Kier molecular flexibility index (Phi) is 76.1. The highest BCUT2D eigenvalue weighted by Crippen LogP contribution is 2.24. The molecule has 0 aliphatic heterocycles. The van der Waals surface area contributed by atoms with Crippen LogP contribution in [0.25, 0.3) is 0 Å². The first kappa shape index (κ1) is 129. The molecule has 0 aromatic rings. The maximum atomic E-state index is 11.7. The molecule has 123 heavy (non-hydrogen) atoms. The van der Waals surface area contributed by atoms with Crippen LogP contribution in [-0.4, -0.2) is 220 Å². The zero-order valence-corrected chi connectivity index (χ0v) is 86.3. The van der Waals surface area contributed by atoms with Gasteiger partial charge in [0.2, 0.25) is 0 Å². The molecule has 732 valence electrons. The smallest absolute Gasteiger partial charge is 0.323 e. The third-order valence-corrected chi connectivity index (χ3v) is 17.3. The van der Waals surface area contributed by atoms with E-state index in [2.05, 4.69) is 47.9 Å². The number of hydrogen-bond acceptors (Lipinski definition) is 27. The quantitative estimate of drug-likeness (QED) is 0.0206. The number of carbonyl (C=O) groups excluding carboxylic acids is 9. The molecule has 27 nitrogen and oxygen atoms in total. The molecule has 0 aromatic carbocycles. The molecule has 3 aliphatic carbocycles. The molecule has 3 saturated carbocycles. The summed E-state index contributed by atoms with van der Waals surface area (Å²) in [7, 11) is 0. The Morgan fingerprint density at radius 3 is 0.561 bits per heavy atom. The summed E-state index contributed by atoms with van der Waals surface area (Å²) in [6, 6.07) is 0.939. The lowest BCUT2D eigenvalue weighted by Crippen LogP contribution is -2.46. The van der Waals surface area contributed by atoms with Gasteiger partial charge in [0.1, 0.15) is 72.7 Å². The van der Waals surface area contributed by atoms with Crippen molar-refractivity contribution in [2.75, 3.05) is 33.0 Å². The van der Waals surface area contributed by atoms with Gasteiger partial charge < -0.3 is 90.5 Å². The standard InChI is InChI=1S/3C12H23NO2.4C11H23NO2.2C8H17NO2/c3*1-9(2)13-10(3)12(14)15-11-7-5-4-6-8-11;3*1-8(2)12-9(3)10(13)14-7-11(4,5)6;1-7(2)10(12-8(3)4)11(13)14-9(5)6;2*1-5-11-8(10)7(4)9-6(2)3/h3*9-11,13H,4-8H2,1-3H3;3*8-9,12H,7H2,1-6H3;7-10,12H,1-6H3;2*6-7,9H,5H2,1-4H3/t2*10-;;2*9-;;;2*7-/m10.10..10/s1. The number of carbonyl (C=O) groups is 9. The van der Waals surface area contributed by atoms with Gasteiger partial charge in [0.25, 0.3) is 0 Å². The fraction of sp³-hybridized carbons (Fsp3) is 0.906. The fourth-order valence-electron chi connectivity index (χ4n) is 11.9. The van der Waals surface area contributed by atoms with Crippen molar-refractivity contribution in [3.63, 3.8) is 0 Å². The van der Waals surface area contributed by atoms with Crippen molar-refractivity contribution in [3.05, 3.63) is 0 Å². The Morgan fingerprint density at radius 2 is 0.415 bits per heavy atom.